The highest BCUT2D eigenvalue weighted by Crippen LogP contribution is 2.41. The molecule has 1 heterocycles. The molecule has 0 unspecified atom stereocenters. The molecule has 5 nitrogen and oxygen atoms in total. The second-order valence-corrected chi connectivity index (χ2v) is 13.1. The molecule has 1 aliphatic rings. The number of phenols is 1. The number of phenolic OH excluding ortho intramolecular Hbond substituents is 1. The van der Waals surface area contributed by atoms with Crippen LogP contribution < -0.4 is 15.4 Å². The van der Waals surface area contributed by atoms with Crippen molar-refractivity contribution < 1.29 is 25.6 Å². The van der Waals surface area contributed by atoms with Gasteiger partial charge in [-0.25, -0.2) is 0 Å². The fraction of sp³-hybridized carbons (Fsp3) is 0.769. The third kappa shape index (κ3) is 7.37. The Bertz CT molecular complexity index is 706. The Labute approximate surface area is 190 Å². The van der Waals surface area contributed by atoms with Gasteiger partial charge in [0.15, 0.2) is 0 Å². The van der Waals surface area contributed by atoms with Crippen molar-refractivity contribution in [3.63, 3.8) is 0 Å². The molecule has 0 aliphatic carbocycles. The first-order valence-electron chi connectivity index (χ1n) is 11.8. The Hall–Kier alpha value is -1.30. The van der Waals surface area contributed by atoms with Gasteiger partial charge < -0.3 is 25.6 Å². The molecule has 1 atom stereocenters. The smallest absolute Gasteiger partial charge is 0.137 e. The van der Waals surface area contributed by atoms with Crippen molar-refractivity contribution >= 4 is 0 Å². The highest BCUT2D eigenvalue weighted by Gasteiger charge is 2.43. The van der Waals surface area contributed by atoms with Crippen LogP contribution in [0.25, 0.3) is 0 Å². The standard InChI is InChI=1S/C26H46N2O3/c1-23(2,3)20-11-19(12-21(22(20)30)24(4,5)6)31-16-18(29)15-27-17-13-25(7,8)28-26(9,10)14-17/h11-12,17-18,27-30H,13-16H2,1-10H3/p+2/t18-/m0/s1. The van der Waals surface area contributed by atoms with Gasteiger partial charge in [-0.3, -0.25) is 0 Å². The van der Waals surface area contributed by atoms with Crippen LogP contribution in [-0.2, 0) is 10.8 Å². The number of hydrogen-bond acceptors (Lipinski definition) is 3. The molecule has 1 aromatic carbocycles. The maximum absolute atomic E-state index is 10.9. The first kappa shape index (κ1) is 26.0. The second-order valence-electron chi connectivity index (χ2n) is 13.1. The van der Waals surface area contributed by atoms with Crippen LogP contribution in [0, 0.1) is 0 Å². The van der Waals surface area contributed by atoms with E-state index in [1.54, 1.807) is 0 Å². The van der Waals surface area contributed by atoms with Gasteiger partial charge in [-0.1, -0.05) is 41.5 Å². The summed E-state index contributed by atoms with van der Waals surface area (Å²) in [6.07, 6.45) is 1.72. The molecule has 178 valence electrons. The Kier molecular flexibility index (Phi) is 7.46. The third-order valence-corrected chi connectivity index (χ3v) is 6.24. The molecular formula is C26H48N2O3+2. The van der Waals surface area contributed by atoms with Crippen molar-refractivity contribution in [3.05, 3.63) is 23.3 Å². The van der Waals surface area contributed by atoms with Gasteiger partial charge in [0.2, 0.25) is 0 Å². The molecule has 0 radical (unpaired) electrons. The predicted molar refractivity (Wildman–Crippen MR) is 127 cm³/mol. The van der Waals surface area contributed by atoms with E-state index >= 15 is 0 Å². The quantitative estimate of drug-likeness (QED) is 0.553. The monoisotopic (exact) mass is 436 g/mol. The van der Waals surface area contributed by atoms with Gasteiger partial charge in [-0.05, 0) is 50.7 Å². The Morgan fingerprint density at radius 2 is 1.45 bits per heavy atom. The van der Waals surface area contributed by atoms with Crippen LogP contribution in [0.5, 0.6) is 11.5 Å². The summed E-state index contributed by atoms with van der Waals surface area (Å²) < 4.78 is 6.03. The van der Waals surface area contributed by atoms with Crippen LogP contribution in [0.4, 0.5) is 0 Å². The second kappa shape index (κ2) is 8.92. The van der Waals surface area contributed by atoms with Gasteiger partial charge in [0.1, 0.15) is 30.8 Å². The lowest BCUT2D eigenvalue weighted by Gasteiger charge is -2.41. The number of ether oxygens (including phenoxy) is 1. The minimum atomic E-state index is -0.540. The van der Waals surface area contributed by atoms with Crippen LogP contribution in [0.1, 0.15) is 93.2 Å². The van der Waals surface area contributed by atoms with Crippen LogP contribution >= 0.6 is 0 Å². The molecule has 0 saturated carbocycles. The van der Waals surface area contributed by atoms with E-state index in [0.29, 0.717) is 24.1 Å². The highest BCUT2D eigenvalue weighted by molar-refractivity contribution is 5.51. The average molecular weight is 437 g/mol. The molecule has 1 saturated heterocycles. The zero-order chi connectivity index (χ0) is 23.8. The fourth-order valence-electron chi connectivity index (χ4n) is 5.21. The zero-order valence-electron chi connectivity index (χ0n) is 21.6. The van der Waals surface area contributed by atoms with Gasteiger partial charge in [-0.2, -0.15) is 0 Å². The van der Waals surface area contributed by atoms with Crippen molar-refractivity contribution in [3.8, 4) is 11.5 Å². The Balaban J connectivity index is 2.04. The summed E-state index contributed by atoms with van der Waals surface area (Å²) in [4.78, 5) is 0. The number of hydrogen-bond donors (Lipinski definition) is 4. The van der Waals surface area contributed by atoms with E-state index in [2.05, 4.69) is 79.9 Å². The molecule has 1 aliphatic heterocycles. The van der Waals surface area contributed by atoms with Crippen molar-refractivity contribution in [2.24, 2.45) is 0 Å². The Morgan fingerprint density at radius 1 is 1.00 bits per heavy atom. The maximum Gasteiger partial charge on any atom is 0.137 e. The number of aliphatic hydroxyl groups excluding tert-OH is 1. The summed E-state index contributed by atoms with van der Waals surface area (Å²) in [6.45, 7) is 22.6. The summed E-state index contributed by atoms with van der Waals surface area (Å²) in [5, 5.41) is 26.2. The third-order valence-electron chi connectivity index (χ3n) is 6.24. The molecule has 2 rings (SSSR count). The fourth-order valence-corrected chi connectivity index (χ4v) is 5.21. The molecule has 0 bridgehead atoms. The SMILES string of the molecule is CC1(C)CC([NH2+]C[C@H](O)COc2cc(C(C)(C)C)c(O)c(C(C)(C)C)c2)CC(C)(C)[NH2+]1. The highest BCUT2D eigenvalue weighted by atomic mass is 16.5. The van der Waals surface area contributed by atoms with E-state index in [1.165, 1.54) is 0 Å². The normalized spacial score (nSPS) is 20.5. The molecule has 0 aromatic heterocycles. The van der Waals surface area contributed by atoms with Crippen LogP contribution in [0.2, 0.25) is 0 Å². The number of nitrogens with two attached hydrogens (primary N) is 2. The van der Waals surface area contributed by atoms with Gasteiger partial charge in [0.25, 0.3) is 0 Å². The molecule has 0 amide bonds. The Morgan fingerprint density at radius 3 is 1.87 bits per heavy atom. The van der Waals surface area contributed by atoms with Gasteiger partial charge in [0, 0.05) is 11.1 Å². The predicted octanol–water partition coefficient (Wildman–Crippen LogP) is 2.57. The number of piperidine rings is 1. The van der Waals surface area contributed by atoms with E-state index in [1.807, 2.05) is 12.1 Å². The van der Waals surface area contributed by atoms with Gasteiger partial charge in [-0.15, -0.1) is 0 Å². The minimum Gasteiger partial charge on any atom is -0.507 e. The molecule has 6 N–H and O–H groups in total. The number of quaternary nitrogens is 2. The first-order valence-corrected chi connectivity index (χ1v) is 11.8. The zero-order valence-corrected chi connectivity index (χ0v) is 21.6. The molecule has 0 spiro atoms. The molecule has 31 heavy (non-hydrogen) atoms. The maximum atomic E-state index is 10.9. The van der Waals surface area contributed by atoms with Gasteiger partial charge in [0.05, 0.1) is 30.0 Å². The topological polar surface area (TPSA) is 82.9 Å². The van der Waals surface area contributed by atoms with E-state index in [-0.39, 0.29) is 28.5 Å². The van der Waals surface area contributed by atoms with Crippen molar-refractivity contribution in [1.82, 2.24) is 0 Å². The largest absolute Gasteiger partial charge is 0.507 e. The summed E-state index contributed by atoms with van der Waals surface area (Å²) >= 11 is 0. The number of benzene rings is 1. The lowest BCUT2D eigenvalue weighted by atomic mass is 9.79. The van der Waals surface area contributed by atoms with Crippen molar-refractivity contribution in [2.45, 2.75) is 116 Å². The summed E-state index contributed by atoms with van der Waals surface area (Å²) in [7, 11) is 0. The molecule has 1 aromatic rings. The minimum absolute atomic E-state index is 0.201. The average Bonchev–Trinajstić information content (AvgIpc) is 2.54. The lowest BCUT2D eigenvalue weighted by molar-refractivity contribution is -0.814. The van der Waals surface area contributed by atoms with Crippen LogP contribution in [-0.4, -0.2) is 46.6 Å². The summed E-state index contributed by atoms with van der Waals surface area (Å²) in [6, 6.07) is 4.35. The van der Waals surface area contributed by atoms with E-state index in [0.717, 1.165) is 24.0 Å². The van der Waals surface area contributed by atoms with E-state index in [4.69, 9.17) is 4.74 Å². The summed E-state index contributed by atoms with van der Waals surface area (Å²) in [5.74, 6) is 1.06. The number of aromatic hydroxyl groups is 1. The van der Waals surface area contributed by atoms with Crippen molar-refractivity contribution in [1.29, 1.82) is 0 Å². The van der Waals surface area contributed by atoms with E-state index in [9.17, 15) is 10.2 Å². The number of aliphatic hydroxyl groups is 1. The first-order chi connectivity index (χ1) is 13.9. The molecule has 5 heteroatoms. The van der Waals surface area contributed by atoms with E-state index < -0.39 is 6.10 Å². The van der Waals surface area contributed by atoms with Gasteiger partial charge >= 0.3 is 0 Å². The van der Waals surface area contributed by atoms with Crippen molar-refractivity contribution in [2.75, 3.05) is 13.2 Å². The summed E-state index contributed by atoms with van der Waals surface area (Å²) in [5.41, 5.74) is 1.80. The molecular weight excluding hydrogens is 388 g/mol. The number of rotatable bonds is 6. The lowest BCUT2D eigenvalue weighted by Crippen LogP contribution is -3.09. The molecule has 1 fully saturated rings. The van der Waals surface area contributed by atoms with Crippen LogP contribution in [0.3, 0.4) is 0 Å². The van der Waals surface area contributed by atoms with Crippen LogP contribution in [0.15, 0.2) is 12.1 Å².